The van der Waals surface area contributed by atoms with E-state index in [0.717, 1.165) is 0 Å². The van der Waals surface area contributed by atoms with E-state index in [2.05, 4.69) is 40.9 Å². The van der Waals surface area contributed by atoms with Gasteiger partial charge in [-0.05, 0) is 12.3 Å². The van der Waals surface area contributed by atoms with Crippen LogP contribution in [-0.2, 0) is 4.74 Å². The van der Waals surface area contributed by atoms with E-state index in [4.69, 9.17) is 9.84 Å². The van der Waals surface area contributed by atoms with Crippen molar-refractivity contribution in [1.82, 2.24) is 0 Å². The van der Waals surface area contributed by atoms with Gasteiger partial charge in [0.25, 0.3) is 0 Å². The van der Waals surface area contributed by atoms with Crippen molar-refractivity contribution >= 4 is 0 Å². The molecule has 0 atom stereocenters. The predicted molar refractivity (Wildman–Crippen MR) is 73.7 cm³/mol. The van der Waals surface area contributed by atoms with Gasteiger partial charge in [0.15, 0.2) is 0 Å². The van der Waals surface area contributed by atoms with Crippen LogP contribution in [0.1, 0.15) is 41.0 Å². The van der Waals surface area contributed by atoms with Crippen molar-refractivity contribution in [2.75, 3.05) is 19.8 Å². The van der Waals surface area contributed by atoms with Crippen molar-refractivity contribution in [3.05, 3.63) is 25.3 Å². The zero-order valence-electron chi connectivity index (χ0n) is 11.8. The summed E-state index contributed by atoms with van der Waals surface area (Å²) in [7, 11) is 0. The van der Waals surface area contributed by atoms with Crippen LogP contribution in [0.3, 0.4) is 0 Å². The normalized spacial score (nSPS) is 9.12. The maximum atomic E-state index is 7.57. The molecule has 0 aliphatic carbocycles. The Balaban J connectivity index is -0.000000172. The topological polar surface area (TPSA) is 29.5 Å². The van der Waals surface area contributed by atoms with Gasteiger partial charge in [0.1, 0.15) is 0 Å². The highest BCUT2D eigenvalue weighted by Crippen LogP contribution is 2.16. The zero-order chi connectivity index (χ0) is 13.4. The SMILES string of the molecule is C=CCOCC=C.CCC(C)(C)C.CCO. The number of hydrogen-bond donors (Lipinski definition) is 1. The quantitative estimate of drug-likeness (QED) is 0.588. The number of hydrogen-bond acceptors (Lipinski definition) is 2. The smallest absolute Gasteiger partial charge is 0.0649 e. The molecular formula is C14H30O2. The molecule has 0 aromatic heterocycles. The molecule has 0 saturated carbocycles. The minimum absolute atomic E-state index is 0.250. The van der Waals surface area contributed by atoms with Gasteiger partial charge in [-0.25, -0.2) is 0 Å². The van der Waals surface area contributed by atoms with Gasteiger partial charge in [0.2, 0.25) is 0 Å². The molecule has 0 aliphatic rings. The van der Waals surface area contributed by atoms with Gasteiger partial charge in [0.05, 0.1) is 13.2 Å². The Labute approximate surface area is 102 Å². The molecule has 2 nitrogen and oxygen atoms in total. The van der Waals surface area contributed by atoms with E-state index < -0.39 is 0 Å². The molecule has 0 saturated heterocycles. The lowest BCUT2D eigenvalue weighted by atomic mass is 9.94. The Hall–Kier alpha value is -0.600. The van der Waals surface area contributed by atoms with E-state index in [-0.39, 0.29) is 6.61 Å². The van der Waals surface area contributed by atoms with Crippen LogP contribution in [0.4, 0.5) is 0 Å². The van der Waals surface area contributed by atoms with Crippen LogP contribution in [0.2, 0.25) is 0 Å². The Morgan fingerprint density at radius 2 is 1.31 bits per heavy atom. The van der Waals surface area contributed by atoms with Crippen molar-refractivity contribution in [3.8, 4) is 0 Å². The van der Waals surface area contributed by atoms with Gasteiger partial charge in [-0.3, -0.25) is 0 Å². The Morgan fingerprint density at radius 1 is 1.06 bits per heavy atom. The second kappa shape index (κ2) is 16.8. The van der Waals surface area contributed by atoms with Crippen LogP contribution in [-0.4, -0.2) is 24.9 Å². The summed E-state index contributed by atoms with van der Waals surface area (Å²) in [5.41, 5.74) is 0.542. The van der Waals surface area contributed by atoms with Crippen LogP contribution in [0.5, 0.6) is 0 Å². The average Bonchev–Trinajstić information content (AvgIpc) is 2.20. The standard InChI is InChI=1S/C6H10O.C6H14.C2H6O/c1-3-5-7-6-4-2;1-5-6(2,3)4;1-2-3/h3-4H,1-2,5-6H2;5H2,1-4H3;3H,2H2,1H3. The maximum absolute atomic E-state index is 7.57. The van der Waals surface area contributed by atoms with E-state index in [1.807, 2.05) is 0 Å². The summed E-state index contributed by atoms with van der Waals surface area (Å²) in [6.07, 6.45) is 4.69. The van der Waals surface area contributed by atoms with Gasteiger partial charge in [-0.1, -0.05) is 46.3 Å². The highest BCUT2D eigenvalue weighted by atomic mass is 16.5. The molecule has 0 spiro atoms. The lowest BCUT2D eigenvalue weighted by Gasteiger charge is -2.12. The highest BCUT2D eigenvalue weighted by Gasteiger charge is 2.03. The molecule has 0 fully saturated rings. The number of aliphatic hydroxyl groups is 1. The Morgan fingerprint density at radius 3 is 1.44 bits per heavy atom. The van der Waals surface area contributed by atoms with Crippen LogP contribution < -0.4 is 0 Å². The van der Waals surface area contributed by atoms with Crippen LogP contribution in [0, 0.1) is 5.41 Å². The lowest BCUT2D eigenvalue weighted by Crippen LogP contribution is -2.00. The molecular weight excluding hydrogens is 200 g/mol. The second-order valence-corrected chi connectivity index (χ2v) is 4.35. The van der Waals surface area contributed by atoms with Crippen molar-refractivity contribution in [1.29, 1.82) is 0 Å². The van der Waals surface area contributed by atoms with Crippen LogP contribution in [0.25, 0.3) is 0 Å². The van der Waals surface area contributed by atoms with Crippen molar-refractivity contribution in [2.45, 2.75) is 41.0 Å². The van der Waals surface area contributed by atoms with Gasteiger partial charge >= 0.3 is 0 Å². The largest absolute Gasteiger partial charge is 0.397 e. The molecule has 16 heavy (non-hydrogen) atoms. The molecule has 0 aromatic carbocycles. The Kier molecular flexibility index (Phi) is 21.8. The van der Waals surface area contributed by atoms with Crippen molar-refractivity contribution in [2.24, 2.45) is 5.41 Å². The van der Waals surface area contributed by atoms with E-state index in [0.29, 0.717) is 18.6 Å². The maximum Gasteiger partial charge on any atom is 0.0649 e. The molecule has 0 unspecified atom stereocenters. The first kappa shape index (κ1) is 20.8. The first-order valence-corrected chi connectivity index (χ1v) is 5.79. The van der Waals surface area contributed by atoms with E-state index in [1.54, 1.807) is 19.1 Å². The minimum atomic E-state index is 0.250. The monoisotopic (exact) mass is 230 g/mol. The predicted octanol–water partition coefficient (Wildman–Crippen LogP) is 3.82. The summed E-state index contributed by atoms with van der Waals surface area (Å²) in [6, 6.07) is 0. The molecule has 1 N–H and O–H groups in total. The summed E-state index contributed by atoms with van der Waals surface area (Å²) in [6.45, 7) is 19.0. The third-order valence-corrected chi connectivity index (χ3v) is 1.53. The summed E-state index contributed by atoms with van der Waals surface area (Å²) in [4.78, 5) is 0. The first-order chi connectivity index (χ1) is 7.39. The fourth-order valence-electron chi connectivity index (χ4n) is 0.235. The van der Waals surface area contributed by atoms with Gasteiger partial charge < -0.3 is 9.84 Å². The van der Waals surface area contributed by atoms with Crippen LogP contribution >= 0.6 is 0 Å². The minimum Gasteiger partial charge on any atom is -0.397 e. The van der Waals surface area contributed by atoms with Crippen molar-refractivity contribution < 1.29 is 9.84 Å². The molecule has 2 heteroatoms. The summed E-state index contributed by atoms with van der Waals surface area (Å²) in [5, 5.41) is 7.57. The molecule has 0 radical (unpaired) electrons. The van der Waals surface area contributed by atoms with Gasteiger partial charge in [-0.15, -0.1) is 13.2 Å². The molecule has 0 amide bonds. The number of ether oxygens (including phenoxy) is 1. The van der Waals surface area contributed by atoms with Gasteiger partial charge in [-0.2, -0.15) is 0 Å². The summed E-state index contributed by atoms with van der Waals surface area (Å²) in [5.74, 6) is 0. The van der Waals surface area contributed by atoms with Gasteiger partial charge in [0, 0.05) is 6.61 Å². The van der Waals surface area contributed by atoms with Crippen molar-refractivity contribution in [3.63, 3.8) is 0 Å². The van der Waals surface area contributed by atoms with E-state index in [9.17, 15) is 0 Å². The van der Waals surface area contributed by atoms with E-state index >= 15 is 0 Å². The first-order valence-electron chi connectivity index (χ1n) is 5.79. The molecule has 0 heterocycles. The molecule has 0 aliphatic heterocycles. The molecule has 0 bridgehead atoms. The fourth-order valence-corrected chi connectivity index (χ4v) is 0.235. The lowest BCUT2D eigenvalue weighted by molar-refractivity contribution is 0.194. The number of rotatable bonds is 4. The Bertz CT molecular complexity index is 126. The zero-order valence-corrected chi connectivity index (χ0v) is 11.8. The molecule has 98 valence electrons. The third kappa shape index (κ3) is 50.3. The fraction of sp³-hybridized carbons (Fsp3) is 0.714. The third-order valence-electron chi connectivity index (χ3n) is 1.53. The second-order valence-electron chi connectivity index (χ2n) is 4.35. The van der Waals surface area contributed by atoms with E-state index in [1.165, 1.54) is 6.42 Å². The average molecular weight is 230 g/mol. The molecule has 0 aromatic rings. The molecule has 0 rings (SSSR count). The number of aliphatic hydroxyl groups excluding tert-OH is 1. The summed E-state index contributed by atoms with van der Waals surface area (Å²) >= 11 is 0. The highest BCUT2D eigenvalue weighted by molar-refractivity contribution is 4.68. The summed E-state index contributed by atoms with van der Waals surface area (Å²) < 4.78 is 4.90. The van der Waals surface area contributed by atoms with Crippen LogP contribution in [0.15, 0.2) is 25.3 Å².